The molecule has 0 saturated carbocycles. The fourth-order valence-corrected chi connectivity index (χ4v) is 6.61. The molecule has 0 bridgehead atoms. The summed E-state index contributed by atoms with van der Waals surface area (Å²) in [6, 6.07) is 9.42. The third kappa shape index (κ3) is 5.80. The molecule has 1 aliphatic rings. The number of carbonyl (C=O) groups is 1. The van der Waals surface area contributed by atoms with Crippen LogP contribution in [0, 0.1) is 23.7 Å². The maximum atomic E-state index is 13.1. The quantitative estimate of drug-likeness (QED) is 0.314. The molecule has 31 heavy (non-hydrogen) atoms. The van der Waals surface area contributed by atoms with Crippen molar-refractivity contribution in [3.63, 3.8) is 0 Å². The maximum Gasteiger partial charge on any atom is 0.338 e. The van der Waals surface area contributed by atoms with Crippen molar-refractivity contribution in [3.8, 4) is 0 Å². The van der Waals surface area contributed by atoms with Gasteiger partial charge in [0.25, 0.3) is 0 Å². The minimum atomic E-state index is -0.202. The molecule has 4 unspecified atom stereocenters. The van der Waals surface area contributed by atoms with Gasteiger partial charge in [0.1, 0.15) is 6.10 Å². The maximum absolute atomic E-state index is 13.1. The van der Waals surface area contributed by atoms with Crippen LogP contribution < -0.4 is 0 Å². The van der Waals surface area contributed by atoms with Gasteiger partial charge in [-0.2, -0.15) is 0 Å². The van der Waals surface area contributed by atoms with Gasteiger partial charge in [-0.25, -0.2) is 4.79 Å². The summed E-state index contributed by atoms with van der Waals surface area (Å²) in [5, 5.41) is 0. The molecule has 174 valence electrons. The number of piperidine rings is 1. The molecule has 1 saturated heterocycles. The highest BCUT2D eigenvalue weighted by Crippen LogP contribution is 2.51. The molecule has 0 N–H and O–H groups in total. The third-order valence-corrected chi connectivity index (χ3v) is 7.00. The van der Waals surface area contributed by atoms with Crippen molar-refractivity contribution in [1.29, 1.82) is 0 Å². The van der Waals surface area contributed by atoms with Crippen molar-refractivity contribution in [2.24, 2.45) is 23.7 Å². The molecule has 0 aromatic heterocycles. The summed E-state index contributed by atoms with van der Waals surface area (Å²) in [7, 11) is 0. The monoisotopic (exact) mass is 427 g/mol. The number of hydrogen-bond donors (Lipinski definition) is 0. The fraction of sp³-hybridized carbons (Fsp3) is 0.679. The zero-order valence-electron chi connectivity index (χ0n) is 21.2. The fourth-order valence-electron chi connectivity index (χ4n) is 6.61. The number of nitrogens with zero attached hydrogens (tertiary/aromatic N) is 1. The highest BCUT2D eigenvalue weighted by atomic mass is 16.5. The Kier molecular flexibility index (Phi) is 8.55. The highest BCUT2D eigenvalue weighted by molar-refractivity contribution is 5.89. The van der Waals surface area contributed by atoms with Crippen LogP contribution in [0.2, 0.25) is 0 Å². The van der Waals surface area contributed by atoms with Gasteiger partial charge in [-0.1, -0.05) is 65.8 Å². The van der Waals surface area contributed by atoms with Crippen LogP contribution in [0.5, 0.6) is 0 Å². The number of hydrogen-bond acceptors (Lipinski definition) is 3. The molecule has 3 nitrogen and oxygen atoms in total. The first-order chi connectivity index (χ1) is 14.4. The van der Waals surface area contributed by atoms with Crippen LogP contribution in [0.1, 0.15) is 85.0 Å². The minimum Gasteiger partial charge on any atom is -0.458 e. The normalized spacial score (nSPS) is 29.5. The Hall–Kier alpha value is -1.61. The summed E-state index contributed by atoms with van der Waals surface area (Å²) in [5.74, 6) is 1.55. The molecule has 0 radical (unpaired) electrons. The van der Waals surface area contributed by atoms with Gasteiger partial charge < -0.3 is 4.74 Å². The Morgan fingerprint density at radius 3 is 2.16 bits per heavy atom. The Morgan fingerprint density at radius 1 is 1.10 bits per heavy atom. The summed E-state index contributed by atoms with van der Waals surface area (Å²) in [6.07, 6.45) is 4.93. The molecule has 0 spiro atoms. The lowest BCUT2D eigenvalue weighted by molar-refractivity contribution is -0.160. The number of likely N-dealkylation sites (tertiary alicyclic amines) is 1. The van der Waals surface area contributed by atoms with Gasteiger partial charge in [-0.05, 0) is 56.6 Å². The van der Waals surface area contributed by atoms with Crippen molar-refractivity contribution in [2.75, 3.05) is 6.54 Å². The molecule has 1 aromatic carbocycles. The molecule has 3 heteroatoms. The van der Waals surface area contributed by atoms with E-state index in [1.165, 1.54) is 0 Å². The van der Waals surface area contributed by atoms with Crippen molar-refractivity contribution >= 4 is 5.97 Å². The van der Waals surface area contributed by atoms with Gasteiger partial charge in [0, 0.05) is 30.0 Å². The number of carbonyl (C=O) groups excluding carboxylic acids is 1. The van der Waals surface area contributed by atoms with Crippen LogP contribution >= 0.6 is 0 Å². The van der Waals surface area contributed by atoms with Gasteiger partial charge in [0.15, 0.2) is 0 Å². The second-order valence-corrected chi connectivity index (χ2v) is 11.2. The second-order valence-electron chi connectivity index (χ2n) is 11.2. The van der Waals surface area contributed by atoms with Crippen LogP contribution in [-0.2, 0) is 4.74 Å². The molecule has 1 heterocycles. The SMILES string of the molecule is C=CCN1C(C)(CC(C)C)CC(OC(=O)c2ccccc2)C(C(C)C)C1(C)CC(C)C. The van der Waals surface area contributed by atoms with E-state index in [9.17, 15) is 4.79 Å². The van der Waals surface area contributed by atoms with Gasteiger partial charge in [-0.3, -0.25) is 4.90 Å². The molecule has 1 fully saturated rings. The predicted molar refractivity (Wildman–Crippen MR) is 131 cm³/mol. The second kappa shape index (κ2) is 10.3. The summed E-state index contributed by atoms with van der Waals surface area (Å²) in [5.41, 5.74) is 0.494. The zero-order chi connectivity index (χ0) is 23.4. The standard InChI is InChI=1S/C28H45NO2/c1-10-16-29-27(8,17-20(2)3)19-24(31-26(30)23-14-12-11-13-15-23)25(22(6)7)28(29,9)18-21(4)5/h10-15,20-22,24-25H,1,16-19H2,2-9H3. The lowest BCUT2D eigenvalue weighted by Gasteiger charge is -2.63. The molecular weight excluding hydrogens is 382 g/mol. The highest BCUT2D eigenvalue weighted by Gasteiger charge is 2.57. The van der Waals surface area contributed by atoms with Crippen molar-refractivity contribution in [2.45, 2.75) is 91.8 Å². The van der Waals surface area contributed by atoms with Crippen LogP contribution in [0.4, 0.5) is 0 Å². The Labute approximate surface area is 191 Å². The van der Waals surface area contributed by atoms with Crippen molar-refractivity contribution in [3.05, 3.63) is 48.6 Å². The zero-order valence-corrected chi connectivity index (χ0v) is 21.2. The van der Waals surface area contributed by atoms with E-state index in [1.54, 1.807) is 0 Å². The topological polar surface area (TPSA) is 29.5 Å². The van der Waals surface area contributed by atoms with E-state index in [0.717, 1.165) is 25.8 Å². The average Bonchev–Trinajstić information content (AvgIpc) is 2.64. The van der Waals surface area contributed by atoms with E-state index in [1.807, 2.05) is 36.4 Å². The molecule has 4 atom stereocenters. The van der Waals surface area contributed by atoms with E-state index < -0.39 is 0 Å². The first-order valence-electron chi connectivity index (χ1n) is 12.1. The van der Waals surface area contributed by atoms with E-state index in [4.69, 9.17) is 4.74 Å². The van der Waals surface area contributed by atoms with Crippen LogP contribution in [0.25, 0.3) is 0 Å². The Balaban J connectivity index is 2.55. The van der Waals surface area contributed by atoms with E-state index >= 15 is 0 Å². The molecule has 1 aliphatic heterocycles. The van der Waals surface area contributed by atoms with Gasteiger partial charge >= 0.3 is 5.97 Å². The smallest absolute Gasteiger partial charge is 0.338 e. The lowest BCUT2D eigenvalue weighted by atomic mass is 9.61. The number of benzene rings is 1. The van der Waals surface area contributed by atoms with Gasteiger partial charge in [-0.15, -0.1) is 6.58 Å². The van der Waals surface area contributed by atoms with Crippen molar-refractivity contribution in [1.82, 2.24) is 4.90 Å². The largest absolute Gasteiger partial charge is 0.458 e. The summed E-state index contributed by atoms with van der Waals surface area (Å²) >= 11 is 0. The van der Waals surface area contributed by atoms with Gasteiger partial charge in [0.05, 0.1) is 5.56 Å². The first kappa shape index (κ1) is 25.6. The molecule has 2 rings (SSSR count). The van der Waals surface area contributed by atoms with Crippen LogP contribution in [-0.4, -0.2) is 34.6 Å². The number of rotatable bonds is 9. The van der Waals surface area contributed by atoms with E-state index in [-0.39, 0.29) is 29.1 Å². The number of ether oxygens (including phenoxy) is 1. The number of esters is 1. The molecule has 0 amide bonds. The van der Waals surface area contributed by atoms with Gasteiger partial charge in [0.2, 0.25) is 0 Å². The molecule has 0 aliphatic carbocycles. The summed E-state index contributed by atoms with van der Waals surface area (Å²) in [6.45, 7) is 23.5. The summed E-state index contributed by atoms with van der Waals surface area (Å²) in [4.78, 5) is 15.8. The van der Waals surface area contributed by atoms with Crippen LogP contribution in [0.15, 0.2) is 43.0 Å². The Bertz CT molecular complexity index is 726. The molecular formula is C28H45NO2. The molecule has 1 aromatic rings. The Morgan fingerprint density at radius 2 is 1.68 bits per heavy atom. The van der Waals surface area contributed by atoms with E-state index in [0.29, 0.717) is 23.3 Å². The van der Waals surface area contributed by atoms with E-state index in [2.05, 4.69) is 66.9 Å². The van der Waals surface area contributed by atoms with Crippen LogP contribution in [0.3, 0.4) is 0 Å². The predicted octanol–water partition coefficient (Wildman–Crippen LogP) is 6.99. The minimum absolute atomic E-state index is 0.0565. The van der Waals surface area contributed by atoms with Crippen molar-refractivity contribution < 1.29 is 9.53 Å². The third-order valence-electron chi connectivity index (χ3n) is 7.00. The first-order valence-corrected chi connectivity index (χ1v) is 12.1. The lowest BCUT2D eigenvalue weighted by Crippen LogP contribution is -2.70. The average molecular weight is 428 g/mol. The summed E-state index contributed by atoms with van der Waals surface area (Å²) < 4.78 is 6.34.